The van der Waals surface area contributed by atoms with Crippen molar-refractivity contribution in [1.29, 1.82) is 0 Å². The summed E-state index contributed by atoms with van der Waals surface area (Å²) in [6, 6.07) is 10.2. The molecule has 1 heterocycles. The molecule has 0 aliphatic carbocycles. The second-order valence-corrected chi connectivity index (χ2v) is 9.43. The van der Waals surface area contributed by atoms with Gasteiger partial charge in [0.25, 0.3) is 0 Å². The molecule has 0 spiro atoms. The molecular formula is C16H24N2O3S2. The largest absolute Gasteiger partial charge is 0.354 e. The van der Waals surface area contributed by atoms with Crippen LogP contribution in [0.25, 0.3) is 0 Å². The van der Waals surface area contributed by atoms with Gasteiger partial charge >= 0.3 is 0 Å². The van der Waals surface area contributed by atoms with Crippen LogP contribution in [-0.2, 0) is 21.2 Å². The molecule has 1 aromatic carbocycles. The summed E-state index contributed by atoms with van der Waals surface area (Å²) >= 11 is 1.45. The molecule has 1 saturated heterocycles. The molecule has 1 aliphatic rings. The van der Waals surface area contributed by atoms with E-state index in [1.54, 1.807) is 0 Å². The molecule has 0 bridgehead atoms. The van der Waals surface area contributed by atoms with Gasteiger partial charge in [-0.1, -0.05) is 30.3 Å². The average molecular weight is 357 g/mol. The van der Waals surface area contributed by atoms with Gasteiger partial charge in [0, 0.05) is 24.9 Å². The number of nitrogens with one attached hydrogen (secondary N) is 1. The molecule has 23 heavy (non-hydrogen) atoms. The Labute approximate surface area is 142 Å². The lowest BCUT2D eigenvalue weighted by atomic mass is 10.2. The maximum atomic E-state index is 11.8. The van der Waals surface area contributed by atoms with Crippen molar-refractivity contribution < 1.29 is 13.2 Å². The van der Waals surface area contributed by atoms with Crippen LogP contribution in [0.5, 0.6) is 0 Å². The van der Waals surface area contributed by atoms with Crippen LogP contribution in [0.3, 0.4) is 0 Å². The van der Waals surface area contributed by atoms with Crippen molar-refractivity contribution in [1.82, 2.24) is 10.2 Å². The van der Waals surface area contributed by atoms with Crippen LogP contribution >= 0.6 is 11.8 Å². The van der Waals surface area contributed by atoms with Crippen LogP contribution in [0.1, 0.15) is 12.0 Å². The summed E-state index contributed by atoms with van der Waals surface area (Å²) in [5.41, 5.74) is 1.25. The molecule has 0 aromatic heterocycles. The van der Waals surface area contributed by atoms with Gasteiger partial charge in [-0.25, -0.2) is 8.42 Å². The number of likely N-dealkylation sites (N-methyl/N-ethyl adjacent to an activating group) is 1. The number of benzene rings is 1. The smallest absolute Gasteiger partial charge is 0.230 e. The molecule has 1 N–H and O–H groups in total. The van der Waals surface area contributed by atoms with E-state index >= 15 is 0 Å². The number of hydrogen-bond acceptors (Lipinski definition) is 5. The number of carbonyl (C=O) groups is 1. The SMILES string of the molecule is CN(CCNC(=O)CSC1CCS(=O)(=O)C1)Cc1ccccc1. The van der Waals surface area contributed by atoms with Crippen molar-refractivity contribution in [2.45, 2.75) is 18.2 Å². The summed E-state index contributed by atoms with van der Waals surface area (Å²) < 4.78 is 22.7. The standard InChI is InChI=1S/C16H24N2O3S2/c1-18(11-14-5-3-2-4-6-14)9-8-17-16(19)12-22-15-7-10-23(20,21)13-15/h2-6,15H,7-13H2,1H3,(H,17,19). The third-order valence-electron chi connectivity index (χ3n) is 3.75. The Morgan fingerprint density at radius 3 is 2.74 bits per heavy atom. The lowest BCUT2D eigenvalue weighted by Gasteiger charge is -2.17. The van der Waals surface area contributed by atoms with Crippen molar-refractivity contribution in [2.24, 2.45) is 0 Å². The first-order valence-electron chi connectivity index (χ1n) is 7.76. The molecule has 0 saturated carbocycles. The van der Waals surface area contributed by atoms with Crippen molar-refractivity contribution in [3.8, 4) is 0 Å². The summed E-state index contributed by atoms with van der Waals surface area (Å²) in [6.07, 6.45) is 0.667. The number of rotatable bonds is 8. The number of carbonyl (C=O) groups excluding carboxylic acids is 1. The second kappa shape index (κ2) is 8.70. The monoisotopic (exact) mass is 356 g/mol. The fourth-order valence-electron chi connectivity index (χ4n) is 2.50. The summed E-state index contributed by atoms with van der Waals surface area (Å²) in [5, 5.41) is 2.97. The van der Waals surface area contributed by atoms with Gasteiger partial charge in [-0.2, -0.15) is 0 Å². The maximum absolute atomic E-state index is 11.8. The Balaban J connectivity index is 1.58. The molecule has 7 heteroatoms. The fourth-order valence-corrected chi connectivity index (χ4v) is 5.97. The summed E-state index contributed by atoms with van der Waals surface area (Å²) in [6.45, 7) is 2.24. The van der Waals surface area contributed by atoms with Gasteiger partial charge in [0.05, 0.1) is 17.3 Å². The molecule has 5 nitrogen and oxygen atoms in total. The number of sulfone groups is 1. The van der Waals surface area contributed by atoms with E-state index in [4.69, 9.17) is 0 Å². The van der Waals surface area contributed by atoms with Crippen molar-refractivity contribution in [2.75, 3.05) is 37.4 Å². The Bertz CT molecular complexity index is 605. The van der Waals surface area contributed by atoms with Gasteiger partial charge in [0.2, 0.25) is 5.91 Å². The van der Waals surface area contributed by atoms with Crippen LogP contribution in [0.15, 0.2) is 30.3 Å². The highest BCUT2D eigenvalue weighted by molar-refractivity contribution is 8.02. The summed E-state index contributed by atoms with van der Waals surface area (Å²) in [4.78, 5) is 14.0. The zero-order valence-corrected chi connectivity index (χ0v) is 15.0. The zero-order chi connectivity index (χ0) is 16.7. The van der Waals surface area contributed by atoms with Crippen molar-refractivity contribution in [3.05, 3.63) is 35.9 Å². The van der Waals surface area contributed by atoms with E-state index < -0.39 is 9.84 Å². The lowest BCUT2D eigenvalue weighted by molar-refractivity contribution is -0.118. The molecule has 1 fully saturated rings. The predicted molar refractivity (Wildman–Crippen MR) is 95.3 cm³/mol. The highest BCUT2D eigenvalue weighted by Crippen LogP contribution is 2.23. The Kier molecular flexibility index (Phi) is 6.92. The van der Waals surface area contributed by atoms with Crippen LogP contribution in [-0.4, -0.2) is 61.9 Å². The van der Waals surface area contributed by atoms with Gasteiger partial charge in [-0.3, -0.25) is 4.79 Å². The highest BCUT2D eigenvalue weighted by Gasteiger charge is 2.28. The van der Waals surface area contributed by atoms with Gasteiger partial charge in [0.1, 0.15) is 0 Å². The van der Waals surface area contributed by atoms with E-state index in [1.165, 1.54) is 17.3 Å². The predicted octanol–water partition coefficient (Wildman–Crippen LogP) is 1.15. The molecule has 1 aromatic rings. The summed E-state index contributed by atoms with van der Waals surface area (Å²) in [7, 11) is -0.835. The quantitative estimate of drug-likeness (QED) is 0.757. The highest BCUT2D eigenvalue weighted by atomic mass is 32.2. The zero-order valence-electron chi connectivity index (χ0n) is 13.4. The van der Waals surface area contributed by atoms with Gasteiger partial charge in [0.15, 0.2) is 9.84 Å². The second-order valence-electron chi connectivity index (χ2n) is 5.91. The Hall–Kier alpha value is -1.05. The van der Waals surface area contributed by atoms with Crippen LogP contribution in [0.4, 0.5) is 0 Å². The normalized spacial score (nSPS) is 19.8. The van der Waals surface area contributed by atoms with E-state index in [1.807, 2.05) is 25.2 Å². The minimum absolute atomic E-state index is 0.0209. The number of amides is 1. The van der Waals surface area contributed by atoms with Crippen molar-refractivity contribution >= 4 is 27.5 Å². The molecule has 0 radical (unpaired) electrons. The van der Waals surface area contributed by atoms with Gasteiger partial charge in [-0.05, 0) is 19.0 Å². The molecule has 2 rings (SSSR count). The molecule has 1 amide bonds. The molecule has 128 valence electrons. The third-order valence-corrected chi connectivity index (χ3v) is 7.03. The number of nitrogens with zero attached hydrogens (tertiary/aromatic N) is 1. The third kappa shape index (κ3) is 6.93. The van der Waals surface area contributed by atoms with E-state index in [0.29, 0.717) is 18.7 Å². The molecule has 1 aliphatic heterocycles. The molecule has 1 atom stereocenters. The van der Waals surface area contributed by atoms with Crippen LogP contribution < -0.4 is 5.32 Å². The fraction of sp³-hybridized carbons (Fsp3) is 0.562. The minimum atomic E-state index is -2.86. The Morgan fingerprint density at radius 2 is 2.09 bits per heavy atom. The first-order valence-corrected chi connectivity index (χ1v) is 10.6. The number of thioether (sulfide) groups is 1. The average Bonchev–Trinajstić information content (AvgIpc) is 2.85. The summed E-state index contributed by atoms with van der Waals surface area (Å²) in [5.74, 6) is 0.789. The molecule has 1 unspecified atom stereocenters. The first kappa shape index (κ1) is 18.3. The van der Waals surface area contributed by atoms with Crippen molar-refractivity contribution in [3.63, 3.8) is 0 Å². The molecular weight excluding hydrogens is 332 g/mol. The van der Waals surface area contributed by atoms with Gasteiger partial charge in [-0.15, -0.1) is 11.8 Å². The van der Waals surface area contributed by atoms with Crippen LogP contribution in [0, 0.1) is 0 Å². The Morgan fingerprint density at radius 1 is 1.35 bits per heavy atom. The van der Waals surface area contributed by atoms with E-state index in [0.717, 1.165) is 13.1 Å². The van der Waals surface area contributed by atoms with E-state index in [9.17, 15) is 13.2 Å². The number of hydrogen-bond donors (Lipinski definition) is 1. The first-order chi connectivity index (χ1) is 10.9. The lowest BCUT2D eigenvalue weighted by Crippen LogP contribution is -2.34. The topological polar surface area (TPSA) is 66.5 Å². The van der Waals surface area contributed by atoms with E-state index in [-0.39, 0.29) is 22.7 Å². The maximum Gasteiger partial charge on any atom is 0.230 e. The van der Waals surface area contributed by atoms with Crippen LogP contribution in [0.2, 0.25) is 0 Å². The van der Waals surface area contributed by atoms with Gasteiger partial charge < -0.3 is 10.2 Å². The minimum Gasteiger partial charge on any atom is -0.354 e. The van der Waals surface area contributed by atoms with E-state index in [2.05, 4.69) is 22.3 Å².